The molecule has 4 nitrogen and oxygen atoms in total. The highest BCUT2D eigenvalue weighted by Crippen LogP contribution is 2.17. The Balaban J connectivity index is 2.65. The maximum absolute atomic E-state index is 11.5. The zero-order chi connectivity index (χ0) is 11.5. The van der Waals surface area contributed by atoms with Gasteiger partial charge in [0, 0.05) is 32.3 Å². The molecule has 1 amide bonds. The van der Waals surface area contributed by atoms with Crippen LogP contribution >= 0.6 is 0 Å². The lowest BCUT2D eigenvalue weighted by atomic mass is 10.1. The second kappa shape index (κ2) is 4.94. The summed E-state index contributed by atoms with van der Waals surface area (Å²) in [7, 11) is 1.65. The summed E-state index contributed by atoms with van der Waals surface area (Å²) in [6.45, 7) is 8.85. The van der Waals surface area contributed by atoms with Crippen molar-refractivity contribution in [3.8, 4) is 0 Å². The van der Waals surface area contributed by atoms with Gasteiger partial charge < -0.3 is 10.1 Å². The van der Waals surface area contributed by atoms with E-state index in [4.69, 9.17) is 4.74 Å². The van der Waals surface area contributed by atoms with Gasteiger partial charge in [-0.25, -0.2) is 0 Å². The van der Waals surface area contributed by atoms with E-state index in [1.54, 1.807) is 7.05 Å². The quantitative estimate of drug-likeness (QED) is 0.696. The number of hydrogen-bond donors (Lipinski definition) is 1. The summed E-state index contributed by atoms with van der Waals surface area (Å²) < 4.78 is 5.53. The lowest BCUT2D eigenvalue weighted by molar-refractivity contribution is -0.132. The fourth-order valence-electron chi connectivity index (χ4n) is 1.75. The third kappa shape index (κ3) is 3.47. The van der Waals surface area contributed by atoms with Crippen molar-refractivity contribution in [3.63, 3.8) is 0 Å². The molecule has 1 fully saturated rings. The van der Waals surface area contributed by atoms with Crippen LogP contribution in [0.15, 0.2) is 0 Å². The first-order chi connectivity index (χ1) is 6.95. The van der Waals surface area contributed by atoms with Gasteiger partial charge in [-0.1, -0.05) is 0 Å². The third-order valence-corrected chi connectivity index (χ3v) is 2.77. The number of carbonyl (C=O) groups is 1. The van der Waals surface area contributed by atoms with Crippen LogP contribution in [-0.2, 0) is 9.53 Å². The van der Waals surface area contributed by atoms with Crippen LogP contribution in [0.5, 0.6) is 0 Å². The molecule has 1 atom stereocenters. The fourth-order valence-corrected chi connectivity index (χ4v) is 1.75. The second-order valence-corrected chi connectivity index (χ2v) is 4.94. The summed E-state index contributed by atoms with van der Waals surface area (Å²) in [6.07, 6.45) is 0.668. The van der Waals surface area contributed by atoms with Crippen molar-refractivity contribution in [2.45, 2.75) is 38.8 Å². The van der Waals surface area contributed by atoms with Gasteiger partial charge in [0.15, 0.2) is 0 Å². The molecule has 1 rings (SSSR count). The van der Waals surface area contributed by atoms with Gasteiger partial charge in [-0.15, -0.1) is 0 Å². The van der Waals surface area contributed by atoms with Crippen LogP contribution in [0.1, 0.15) is 27.2 Å². The maximum atomic E-state index is 11.5. The lowest BCUT2D eigenvalue weighted by Crippen LogP contribution is -2.48. The Bertz CT molecular complexity index is 223. The molecule has 0 aromatic heterocycles. The molecule has 1 heterocycles. The molecule has 0 bridgehead atoms. The molecule has 0 unspecified atom stereocenters. The smallest absolute Gasteiger partial charge is 0.250 e. The van der Waals surface area contributed by atoms with E-state index in [0.29, 0.717) is 13.2 Å². The predicted octanol–water partition coefficient (Wildman–Crippen LogP) is 0.622. The molecule has 0 saturated carbocycles. The third-order valence-electron chi connectivity index (χ3n) is 2.77. The predicted molar refractivity (Wildman–Crippen MR) is 59.7 cm³/mol. The molecule has 1 N–H and O–H groups in total. The van der Waals surface area contributed by atoms with Gasteiger partial charge in [-0.05, 0) is 27.2 Å². The number of nitrogens with zero attached hydrogens (tertiary/aromatic N) is 1. The molecule has 0 aromatic rings. The largest absolute Gasteiger partial charge is 0.367 e. The maximum Gasteiger partial charge on any atom is 0.250 e. The number of likely N-dealkylation sites (N-methyl/N-ethyl adjacent to an activating group) is 1. The zero-order valence-corrected chi connectivity index (χ0v) is 10.2. The molecule has 0 spiro atoms. The van der Waals surface area contributed by atoms with Crippen LogP contribution in [0.3, 0.4) is 0 Å². The Labute approximate surface area is 92.0 Å². The lowest BCUT2D eigenvalue weighted by Gasteiger charge is -2.35. The molecule has 4 heteroatoms. The Morgan fingerprint density at radius 3 is 2.67 bits per heavy atom. The molecule has 1 saturated heterocycles. The van der Waals surface area contributed by atoms with Crippen LogP contribution in [-0.4, -0.2) is 49.2 Å². The van der Waals surface area contributed by atoms with Gasteiger partial charge in [0.05, 0.1) is 0 Å². The Morgan fingerprint density at radius 2 is 2.13 bits per heavy atom. The summed E-state index contributed by atoms with van der Waals surface area (Å²) >= 11 is 0. The monoisotopic (exact) mass is 214 g/mol. The summed E-state index contributed by atoms with van der Waals surface area (Å²) in [5.41, 5.74) is 0.0972. The highest BCUT2D eigenvalue weighted by atomic mass is 16.5. The first kappa shape index (κ1) is 12.5. The van der Waals surface area contributed by atoms with E-state index in [2.05, 4.69) is 31.0 Å². The zero-order valence-electron chi connectivity index (χ0n) is 10.2. The number of carbonyl (C=O) groups excluding carboxylic acids is 1. The minimum atomic E-state index is -0.322. The van der Waals surface area contributed by atoms with Gasteiger partial charge in [0.1, 0.15) is 6.10 Å². The van der Waals surface area contributed by atoms with Gasteiger partial charge in [0.25, 0.3) is 0 Å². The topological polar surface area (TPSA) is 41.6 Å². The summed E-state index contributed by atoms with van der Waals surface area (Å²) in [6, 6.07) is 0. The molecule has 15 heavy (non-hydrogen) atoms. The van der Waals surface area contributed by atoms with Crippen LogP contribution in [0.4, 0.5) is 0 Å². The van der Waals surface area contributed by atoms with E-state index in [-0.39, 0.29) is 17.6 Å². The summed E-state index contributed by atoms with van der Waals surface area (Å²) in [5, 5.41) is 2.64. The van der Waals surface area contributed by atoms with Gasteiger partial charge >= 0.3 is 0 Å². The van der Waals surface area contributed by atoms with Crippen LogP contribution in [0.25, 0.3) is 0 Å². The number of amides is 1. The number of rotatable bonds is 1. The van der Waals surface area contributed by atoms with Crippen molar-refractivity contribution in [2.75, 3.05) is 26.7 Å². The molecule has 0 aliphatic carbocycles. The van der Waals surface area contributed by atoms with E-state index < -0.39 is 0 Å². The van der Waals surface area contributed by atoms with Crippen molar-refractivity contribution >= 4 is 5.91 Å². The minimum Gasteiger partial charge on any atom is -0.367 e. The van der Waals surface area contributed by atoms with Crippen molar-refractivity contribution in [1.82, 2.24) is 10.2 Å². The highest BCUT2D eigenvalue weighted by molar-refractivity contribution is 5.80. The van der Waals surface area contributed by atoms with E-state index >= 15 is 0 Å². The van der Waals surface area contributed by atoms with Crippen LogP contribution < -0.4 is 5.32 Å². The normalized spacial score (nSPS) is 24.7. The van der Waals surface area contributed by atoms with Gasteiger partial charge in [-0.3, -0.25) is 9.69 Å². The molecule has 88 valence electrons. The molecule has 1 aliphatic rings. The molecule has 0 aromatic carbocycles. The Hall–Kier alpha value is -0.610. The van der Waals surface area contributed by atoms with Crippen molar-refractivity contribution in [1.29, 1.82) is 0 Å². The second-order valence-electron chi connectivity index (χ2n) is 4.94. The van der Waals surface area contributed by atoms with Crippen LogP contribution in [0.2, 0.25) is 0 Å². The van der Waals surface area contributed by atoms with Crippen molar-refractivity contribution in [3.05, 3.63) is 0 Å². The Kier molecular flexibility index (Phi) is 4.11. The summed E-state index contributed by atoms with van der Waals surface area (Å²) in [5.74, 6) is -0.0221. The first-order valence-corrected chi connectivity index (χ1v) is 5.53. The summed E-state index contributed by atoms with van der Waals surface area (Å²) in [4.78, 5) is 13.8. The van der Waals surface area contributed by atoms with Crippen LogP contribution in [0, 0.1) is 0 Å². The molecule has 0 radical (unpaired) electrons. The average Bonchev–Trinajstić information content (AvgIpc) is 2.40. The number of ether oxygens (including phenoxy) is 1. The van der Waals surface area contributed by atoms with Crippen molar-refractivity contribution < 1.29 is 9.53 Å². The SMILES string of the molecule is CNC(=O)[C@H]1CN(C(C)(C)C)CCCO1. The number of hydrogen-bond acceptors (Lipinski definition) is 3. The Morgan fingerprint density at radius 1 is 1.47 bits per heavy atom. The first-order valence-electron chi connectivity index (χ1n) is 5.53. The highest BCUT2D eigenvalue weighted by Gasteiger charge is 2.29. The molecular weight excluding hydrogens is 192 g/mol. The number of nitrogens with one attached hydrogen (secondary N) is 1. The fraction of sp³-hybridized carbons (Fsp3) is 0.909. The molecular formula is C11H22N2O2. The van der Waals surface area contributed by atoms with Gasteiger partial charge in [-0.2, -0.15) is 0 Å². The van der Waals surface area contributed by atoms with E-state index in [9.17, 15) is 4.79 Å². The standard InChI is InChI=1S/C11H22N2O2/c1-11(2,3)13-6-5-7-15-9(8-13)10(14)12-4/h9H,5-8H2,1-4H3,(H,12,14)/t9-/m1/s1. The van der Waals surface area contributed by atoms with E-state index in [1.165, 1.54) is 0 Å². The molecule has 1 aliphatic heterocycles. The van der Waals surface area contributed by atoms with Crippen molar-refractivity contribution in [2.24, 2.45) is 0 Å². The average molecular weight is 214 g/mol. The minimum absolute atomic E-state index is 0.0221. The van der Waals surface area contributed by atoms with E-state index in [0.717, 1.165) is 13.0 Å². The van der Waals surface area contributed by atoms with E-state index in [1.807, 2.05) is 0 Å². The van der Waals surface area contributed by atoms with Gasteiger partial charge in [0.2, 0.25) is 5.91 Å².